The topological polar surface area (TPSA) is 404 Å². The van der Waals surface area contributed by atoms with Gasteiger partial charge in [0.2, 0.25) is 11.9 Å². The molecule has 0 saturated heterocycles. The fraction of sp³-hybridized carbons (Fsp3) is 0.337. The number of ketones is 4. The van der Waals surface area contributed by atoms with Crippen molar-refractivity contribution in [2.75, 3.05) is 53.5 Å². The molecule has 0 spiro atoms. The van der Waals surface area contributed by atoms with Crippen LogP contribution in [0.5, 0.6) is 0 Å². The van der Waals surface area contributed by atoms with Gasteiger partial charge in [0.1, 0.15) is 64.3 Å². The van der Waals surface area contributed by atoms with E-state index in [1.165, 1.54) is 37.9 Å². The molecule has 15 rings (SSSR count). The summed E-state index contributed by atoms with van der Waals surface area (Å²) in [6.45, 7) is 7.68. The van der Waals surface area contributed by atoms with Crippen molar-refractivity contribution in [3.8, 4) is 24.3 Å². The Kier molecular flexibility index (Phi) is 26.5. The van der Waals surface area contributed by atoms with E-state index < -0.39 is 26.1 Å². The Hall–Kier alpha value is -11.6. The number of fused-ring (bicyclic) bond motifs is 6. The molecule has 4 atom stereocenters. The van der Waals surface area contributed by atoms with Crippen LogP contribution in [0.15, 0.2) is 102 Å². The van der Waals surface area contributed by atoms with E-state index in [1.54, 1.807) is 60.1 Å². The highest BCUT2D eigenvalue weighted by Crippen LogP contribution is 2.47. The van der Waals surface area contributed by atoms with Crippen molar-refractivity contribution >= 4 is 171 Å². The molecule has 3 aromatic heterocycles. The summed E-state index contributed by atoms with van der Waals surface area (Å²) < 4.78 is 3.69. The Bertz CT molecular complexity index is 5770. The molecule has 4 saturated carbocycles. The first-order valence-corrected chi connectivity index (χ1v) is 38.6. The monoisotopic (exact) mass is 1640 g/mol. The van der Waals surface area contributed by atoms with Gasteiger partial charge < -0.3 is 46.4 Å². The number of nitrogens with zero attached hydrogens (tertiary/aromatic N) is 10. The number of para-hydroxylation sites is 2. The second-order valence-electron chi connectivity index (χ2n) is 28.9. The molecule has 0 aliphatic heterocycles. The number of nitrogen functional groups attached to an aromatic ring is 1. The summed E-state index contributed by atoms with van der Waals surface area (Å²) in [5, 5.41) is 77.5. The van der Waals surface area contributed by atoms with Gasteiger partial charge in [-0.2, -0.15) is 21.0 Å². The summed E-state index contributed by atoms with van der Waals surface area (Å²) in [6, 6.07) is 35.7. The fourth-order valence-electron chi connectivity index (χ4n) is 15.7. The smallest absolute Gasteiger partial charge is 0.293 e. The summed E-state index contributed by atoms with van der Waals surface area (Å²) >= 11 is 30.8. The van der Waals surface area contributed by atoms with E-state index in [9.17, 15) is 60.0 Å². The number of nitrogens with two attached hydrogens (primary N) is 1. The number of aryl methyl sites for hydroxylation is 4. The van der Waals surface area contributed by atoms with Crippen molar-refractivity contribution in [1.82, 2.24) is 24.1 Å². The molecule has 114 heavy (non-hydrogen) atoms. The highest BCUT2D eigenvalue weighted by atomic mass is 35.5. The second-order valence-corrected chi connectivity index (χ2v) is 30.9. The Labute approximate surface area is 682 Å². The van der Waals surface area contributed by atoms with Crippen molar-refractivity contribution in [2.45, 2.75) is 140 Å². The van der Waals surface area contributed by atoms with Crippen molar-refractivity contribution in [3.63, 3.8) is 0 Å². The van der Waals surface area contributed by atoms with Gasteiger partial charge in [0.15, 0.2) is 0 Å². The zero-order chi connectivity index (χ0) is 83.0. The Balaban J connectivity index is 0.000000150. The lowest BCUT2D eigenvalue weighted by atomic mass is 9.77. The molecule has 31 heteroatoms. The Morgan fingerprint density at radius 1 is 0.509 bits per heavy atom. The van der Waals surface area contributed by atoms with Crippen LogP contribution in [-0.2, 0) is 62.4 Å². The SMILES string of the molecule is CC1CCCC1=O.CNc1c(N)ccc(C2(C)CCCC2=O)c1C#N.CNc1c([N+](=O)[O-])ccc(C2(C)CCCC2=O)c1C#N.CNc1c([N+](=O)[O-])ccc(Cl)c1C#N.Cn1c(Nc2c(Cl)cccc2Cl)nc2ccc(C3(C)CCCC3=O)c(C#N)c21.Cn1c(Nc2c(Cl)cccc2Cl)nc2ccc3c4c([nH]c(=O)c3c21)CCC4. The van der Waals surface area contributed by atoms with E-state index in [1.807, 2.05) is 88.8 Å². The lowest BCUT2D eigenvalue weighted by Gasteiger charge is -2.25. The Morgan fingerprint density at radius 2 is 0.930 bits per heavy atom. The fourth-order valence-corrected chi connectivity index (χ4v) is 16.9. The molecule has 0 bridgehead atoms. The molecule has 588 valence electrons. The number of hydrogen-bond acceptors (Lipinski definition) is 21. The summed E-state index contributed by atoms with van der Waals surface area (Å²) in [7, 11) is 8.47. The van der Waals surface area contributed by atoms with Gasteiger partial charge in [-0.25, -0.2) is 9.97 Å². The highest BCUT2D eigenvalue weighted by molar-refractivity contribution is 6.40. The van der Waals surface area contributed by atoms with Gasteiger partial charge in [-0.15, -0.1) is 0 Å². The average Bonchev–Trinajstić information content (AvgIpc) is 1.59. The first-order chi connectivity index (χ1) is 54.3. The maximum atomic E-state index is 12.8. The number of halogens is 5. The van der Waals surface area contributed by atoms with E-state index in [4.69, 9.17) is 69.0 Å². The molecule has 26 nitrogen and oxygen atoms in total. The van der Waals surface area contributed by atoms with Gasteiger partial charge in [0.25, 0.3) is 16.9 Å². The third-order valence-corrected chi connectivity index (χ3v) is 23.7. The molecule has 7 aromatic carbocycles. The van der Waals surface area contributed by atoms with Gasteiger partial charge in [-0.3, -0.25) is 44.2 Å². The van der Waals surface area contributed by atoms with Crippen LogP contribution in [0.25, 0.3) is 32.8 Å². The number of H-pyrrole nitrogens is 1. The first kappa shape index (κ1) is 84.8. The lowest BCUT2D eigenvalue weighted by Crippen LogP contribution is -2.28. The van der Waals surface area contributed by atoms with E-state index in [2.05, 4.69) is 53.7 Å². The van der Waals surface area contributed by atoms with Crippen molar-refractivity contribution in [1.29, 1.82) is 21.0 Å². The summed E-state index contributed by atoms with van der Waals surface area (Å²) in [5.74, 6) is 2.41. The van der Waals surface area contributed by atoms with Crippen LogP contribution in [0, 0.1) is 71.5 Å². The molecule has 10 aromatic rings. The number of nitrogens with one attached hydrogen (secondary N) is 6. The van der Waals surface area contributed by atoms with E-state index in [0.717, 1.165) is 104 Å². The molecular weight excluding hydrogens is 1560 g/mol. The average molecular weight is 1640 g/mol. The zero-order valence-corrected chi connectivity index (χ0v) is 67.8. The van der Waals surface area contributed by atoms with Crippen LogP contribution in [0.4, 0.5) is 57.4 Å². The number of pyridine rings is 1. The van der Waals surface area contributed by atoms with Crippen molar-refractivity contribution in [3.05, 3.63) is 203 Å². The van der Waals surface area contributed by atoms with E-state index in [0.29, 0.717) is 125 Å². The number of carbonyl (C=O) groups is 4. The van der Waals surface area contributed by atoms with Gasteiger partial charge >= 0.3 is 0 Å². The van der Waals surface area contributed by atoms with Crippen LogP contribution in [0.3, 0.4) is 0 Å². The van der Waals surface area contributed by atoms with E-state index >= 15 is 0 Å². The number of carbonyl (C=O) groups excluding carboxylic acids is 4. The van der Waals surface area contributed by atoms with Crippen LogP contribution >= 0.6 is 58.0 Å². The highest BCUT2D eigenvalue weighted by Gasteiger charge is 2.44. The molecule has 4 unspecified atom stereocenters. The van der Waals surface area contributed by atoms with Gasteiger partial charge in [0, 0.05) is 84.7 Å². The minimum Gasteiger partial charge on any atom is -0.397 e. The van der Waals surface area contributed by atoms with E-state index in [-0.39, 0.29) is 61.8 Å². The molecule has 5 aliphatic rings. The number of hydrogen-bond donors (Lipinski definition) is 7. The van der Waals surface area contributed by atoms with Gasteiger partial charge in [-0.05, 0) is 174 Å². The molecule has 3 heterocycles. The van der Waals surface area contributed by atoms with Gasteiger partial charge in [-0.1, -0.05) is 95.3 Å². The summed E-state index contributed by atoms with van der Waals surface area (Å²) in [5.41, 5.74) is 14.9. The normalized spacial score (nSPS) is 18.4. The predicted molar refractivity (Wildman–Crippen MR) is 447 cm³/mol. The number of nitro benzene ring substituents is 2. The number of nitriles is 4. The number of imidazole rings is 2. The molecular formula is C83H82Cl5N17O9. The minimum atomic E-state index is -0.716. The number of nitro groups is 2. The Morgan fingerprint density at radius 3 is 1.35 bits per heavy atom. The van der Waals surface area contributed by atoms with Crippen molar-refractivity contribution in [2.24, 2.45) is 20.0 Å². The van der Waals surface area contributed by atoms with Crippen molar-refractivity contribution < 1.29 is 29.0 Å². The molecule has 4 fully saturated rings. The number of aromatic nitrogens is 5. The third kappa shape index (κ3) is 16.6. The molecule has 0 amide bonds. The molecule has 8 N–H and O–H groups in total. The summed E-state index contributed by atoms with van der Waals surface area (Å²) in [6.07, 6.45) is 12.5. The maximum Gasteiger partial charge on any atom is 0.293 e. The number of benzene rings is 7. The second kappa shape index (κ2) is 35.6. The van der Waals surface area contributed by atoms with Crippen LogP contribution in [0.2, 0.25) is 25.1 Å². The summed E-state index contributed by atoms with van der Waals surface area (Å²) in [4.78, 5) is 93.0. The predicted octanol–water partition coefficient (Wildman–Crippen LogP) is 18.7. The largest absolute Gasteiger partial charge is 0.397 e. The first-order valence-electron chi connectivity index (χ1n) is 36.8. The quantitative estimate of drug-likeness (QED) is 0.0339. The maximum absolute atomic E-state index is 12.8. The minimum absolute atomic E-state index is 0.0680. The molecule has 5 aliphatic carbocycles. The standard InChI is InChI=1S/C21H18Cl2N4O.C20H16Cl2N4O.C14H15N3O3.C14H17N3O.C8H6ClN3O2.C6H10O/c1-21(10-4-7-17(21)28)13-8-9-16-19(12(13)11-24)27(2)20(25-16)26-18-14(22)5-3-6-15(18)23;1-26-18-15(24-20(26)25-17-12(21)5-3-6-13(17)22)9-8-11-10-4-2-7-14(10)23-19(27)16(11)18;1-14(7-3-4-12(14)18)10-5-6-11(17(19)20)13(16-2)9(10)8-15;1-14(7-3-4-12(14)18)10-5-6-11(16)13(17-2)9(10)8-15;1-11-8-5(4-10)6(9)2-3-7(8)12(13)14;1-5-3-2-4-6(5)7/h3,5-6,8-9H,4,7,10H2,1-2H3,(H,25,26);3,5-6,8-9H,2,4,7H2,1H3,(H,23,27)(H,24,25);5-6,16H,3-4,7H2,1-2H3;5-6,17H,3-4,7,16H2,1-2H3;2-3,11H,1H3;5H,2-4H2,1H3. The van der Waals surface area contributed by atoms with Gasteiger partial charge in [0.05, 0.1) is 118 Å². The number of rotatable bonds is 12. The van der Waals surface area contributed by atoms with Crippen LogP contribution in [0.1, 0.15) is 161 Å². The number of anilines is 8. The zero-order valence-electron chi connectivity index (χ0n) is 64.0. The lowest BCUT2D eigenvalue weighted by molar-refractivity contribution is -0.384. The van der Waals surface area contributed by atoms with Crippen LogP contribution in [-0.4, -0.2) is 78.2 Å². The van der Waals surface area contributed by atoms with Crippen LogP contribution < -0.4 is 37.9 Å². The third-order valence-electron chi connectivity index (χ3n) is 22.1. The molecule has 0 radical (unpaired) electrons. The number of Topliss-reactive ketones (excluding diaryl/α,β-unsaturated/α-hetero) is 4. The number of aromatic amines is 1.